The van der Waals surface area contributed by atoms with Crippen LogP contribution in [0.4, 0.5) is 11.4 Å². The Morgan fingerprint density at radius 3 is 2.37 bits per heavy atom. The number of hydrogen-bond acceptors (Lipinski definition) is 5. The number of benzene rings is 2. The largest absolute Gasteiger partial charge is 0.324 e. The fourth-order valence-electron chi connectivity index (χ4n) is 2.56. The lowest BCUT2D eigenvalue weighted by molar-refractivity contribution is -0.118. The molecule has 0 radical (unpaired) electrons. The van der Waals surface area contributed by atoms with Gasteiger partial charge in [-0.25, -0.2) is 8.42 Å². The Hall–Kier alpha value is -2.71. The van der Waals surface area contributed by atoms with E-state index in [-0.39, 0.29) is 16.4 Å². The SMILES string of the molecule is Cc1cc(NC(=O)C2(N)CC2)ccc1NC(=O)c1cccc(S(C)(=O)=O)c1. The topological polar surface area (TPSA) is 118 Å². The molecule has 1 saturated carbocycles. The summed E-state index contributed by atoms with van der Waals surface area (Å²) in [6.07, 6.45) is 2.45. The Kier molecular flexibility index (Phi) is 4.79. The molecule has 1 aliphatic carbocycles. The van der Waals surface area contributed by atoms with Crippen molar-refractivity contribution in [3.63, 3.8) is 0 Å². The van der Waals surface area contributed by atoms with Crippen LogP contribution in [0.3, 0.4) is 0 Å². The molecule has 3 rings (SSSR count). The van der Waals surface area contributed by atoms with Gasteiger partial charge in [-0.1, -0.05) is 6.07 Å². The van der Waals surface area contributed by atoms with Crippen molar-refractivity contribution in [3.8, 4) is 0 Å². The maximum Gasteiger partial charge on any atom is 0.255 e. The van der Waals surface area contributed by atoms with Crippen LogP contribution in [-0.4, -0.2) is 32.0 Å². The Morgan fingerprint density at radius 1 is 1.07 bits per heavy atom. The van der Waals surface area contributed by atoms with Crippen molar-refractivity contribution >= 4 is 33.0 Å². The van der Waals surface area contributed by atoms with E-state index >= 15 is 0 Å². The first-order valence-electron chi connectivity index (χ1n) is 8.41. The van der Waals surface area contributed by atoms with Crippen molar-refractivity contribution in [1.82, 2.24) is 0 Å². The molecule has 0 unspecified atom stereocenters. The number of anilines is 2. The molecule has 0 atom stereocenters. The molecule has 142 valence electrons. The van der Waals surface area contributed by atoms with Gasteiger partial charge in [0, 0.05) is 23.2 Å². The summed E-state index contributed by atoms with van der Waals surface area (Å²) in [4.78, 5) is 24.6. The molecule has 0 aliphatic heterocycles. The van der Waals surface area contributed by atoms with Gasteiger partial charge in [-0.05, 0) is 61.7 Å². The molecule has 0 saturated heterocycles. The van der Waals surface area contributed by atoms with Crippen molar-refractivity contribution < 1.29 is 18.0 Å². The number of nitrogens with two attached hydrogens (primary N) is 1. The number of carbonyl (C=O) groups excluding carboxylic acids is 2. The third kappa shape index (κ3) is 4.35. The number of rotatable bonds is 5. The Labute approximate surface area is 157 Å². The van der Waals surface area contributed by atoms with E-state index in [1.165, 1.54) is 18.2 Å². The lowest BCUT2D eigenvalue weighted by Crippen LogP contribution is -2.37. The third-order valence-corrected chi connectivity index (χ3v) is 5.61. The van der Waals surface area contributed by atoms with E-state index in [0.717, 1.165) is 11.8 Å². The molecule has 7 nitrogen and oxygen atoms in total. The molecule has 0 aromatic heterocycles. The average Bonchev–Trinajstić information content (AvgIpc) is 3.35. The molecule has 2 amide bonds. The summed E-state index contributed by atoms with van der Waals surface area (Å²) in [6.45, 7) is 1.80. The highest BCUT2D eigenvalue weighted by atomic mass is 32.2. The molecule has 8 heteroatoms. The first-order valence-corrected chi connectivity index (χ1v) is 10.3. The van der Waals surface area contributed by atoms with Gasteiger partial charge in [-0.3, -0.25) is 9.59 Å². The van der Waals surface area contributed by atoms with Crippen LogP contribution in [0.1, 0.15) is 28.8 Å². The molecule has 0 spiro atoms. The summed E-state index contributed by atoms with van der Waals surface area (Å²) in [6, 6.07) is 11.0. The smallest absolute Gasteiger partial charge is 0.255 e. The average molecular weight is 387 g/mol. The van der Waals surface area contributed by atoms with E-state index in [9.17, 15) is 18.0 Å². The van der Waals surface area contributed by atoms with Gasteiger partial charge in [0.2, 0.25) is 5.91 Å². The van der Waals surface area contributed by atoms with Crippen LogP contribution in [0.5, 0.6) is 0 Å². The molecule has 2 aromatic carbocycles. The predicted octanol–water partition coefficient (Wildman–Crippen LogP) is 2.08. The minimum atomic E-state index is -3.39. The van der Waals surface area contributed by atoms with Crippen molar-refractivity contribution in [2.45, 2.75) is 30.2 Å². The molecule has 0 heterocycles. The van der Waals surface area contributed by atoms with Crippen molar-refractivity contribution in [2.75, 3.05) is 16.9 Å². The molecular formula is C19H21N3O4S. The van der Waals surface area contributed by atoms with Crippen LogP contribution < -0.4 is 16.4 Å². The summed E-state index contributed by atoms with van der Waals surface area (Å²) in [5, 5.41) is 5.54. The van der Waals surface area contributed by atoms with Gasteiger partial charge >= 0.3 is 0 Å². The quantitative estimate of drug-likeness (QED) is 0.726. The molecular weight excluding hydrogens is 366 g/mol. The van der Waals surface area contributed by atoms with E-state index in [4.69, 9.17) is 5.73 Å². The van der Waals surface area contributed by atoms with Gasteiger partial charge in [-0.15, -0.1) is 0 Å². The van der Waals surface area contributed by atoms with Gasteiger partial charge in [0.25, 0.3) is 5.91 Å². The highest BCUT2D eigenvalue weighted by molar-refractivity contribution is 7.90. The number of nitrogens with one attached hydrogen (secondary N) is 2. The molecule has 27 heavy (non-hydrogen) atoms. The fourth-order valence-corrected chi connectivity index (χ4v) is 3.23. The van der Waals surface area contributed by atoms with Crippen LogP contribution in [0.2, 0.25) is 0 Å². The van der Waals surface area contributed by atoms with E-state index in [1.807, 2.05) is 0 Å². The van der Waals surface area contributed by atoms with Gasteiger partial charge in [0.1, 0.15) is 0 Å². The van der Waals surface area contributed by atoms with Crippen molar-refractivity contribution in [3.05, 3.63) is 53.6 Å². The van der Waals surface area contributed by atoms with Crippen molar-refractivity contribution in [1.29, 1.82) is 0 Å². The first-order chi connectivity index (χ1) is 12.6. The molecule has 2 aromatic rings. The first kappa shape index (κ1) is 19.1. The third-order valence-electron chi connectivity index (χ3n) is 4.50. The van der Waals surface area contributed by atoms with Crippen LogP contribution >= 0.6 is 0 Å². The maximum absolute atomic E-state index is 12.5. The molecule has 1 fully saturated rings. The van der Waals surface area contributed by atoms with E-state index in [0.29, 0.717) is 24.2 Å². The number of aryl methyl sites for hydroxylation is 1. The fraction of sp³-hybridized carbons (Fsp3) is 0.263. The van der Waals surface area contributed by atoms with Gasteiger partial charge < -0.3 is 16.4 Å². The summed E-state index contributed by atoms with van der Waals surface area (Å²) >= 11 is 0. The van der Waals surface area contributed by atoms with Gasteiger partial charge in [0.05, 0.1) is 10.4 Å². The van der Waals surface area contributed by atoms with E-state index in [1.54, 1.807) is 31.2 Å². The van der Waals surface area contributed by atoms with Crippen LogP contribution in [-0.2, 0) is 14.6 Å². The summed E-state index contributed by atoms with van der Waals surface area (Å²) in [5.41, 5.74) is 7.27. The zero-order valence-electron chi connectivity index (χ0n) is 15.1. The van der Waals surface area contributed by atoms with Crippen LogP contribution in [0, 0.1) is 6.92 Å². The second-order valence-electron chi connectivity index (χ2n) is 6.89. The Morgan fingerprint density at radius 2 is 1.78 bits per heavy atom. The molecule has 4 N–H and O–H groups in total. The number of sulfone groups is 1. The van der Waals surface area contributed by atoms with Crippen molar-refractivity contribution in [2.24, 2.45) is 5.73 Å². The second kappa shape index (κ2) is 6.79. The standard InChI is InChI=1S/C19H21N3O4S/c1-12-10-14(21-18(24)19(20)8-9-19)6-7-16(12)22-17(23)13-4-3-5-15(11-13)27(2,25)26/h3-7,10-11H,8-9,20H2,1-2H3,(H,21,24)(H,22,23). The molecule has 1 aliphatic rings. The molecule has 0 bridgehead atoms. The predicted molar refractivity (Wildman–Crippen MR) is 103 cm³/mol. The number of carbonyl (C=O) groups is 2. The summed E-state index contributed by atoms with van der Waals surface area (Å²) in [7, 11) is -3.39. The zero-order valence-corrected chi connectivity index (χ0v) is 15.9. The summed E-state index contributed by atoms with van der Waals surface area (Å²) in [5.74, 6) is -0.629. The number of hydrogen-bond donors (Lipinski definition) is 3. The van der Waals surface area contributed by atoms with E-state index in [2.05, 4.69) is 10.6 Å². The lowest BCUT2D eigenvalue weighted by atomic mass is 10.1. The summed E-state index contributed by atoms with van der Waals surface area (Å²) < 4.78 is 23.3. The van der Waals surface area contributed by atoms with Crippen LogP contribution in [0.25, 0.3) is 0 Å². The second-order valence-corrected chi connectivity index (χ2v) is 8.91. The maximum atomic E-state index is 12.5. The van der Waals surface area contributed by atoms with E-state index < -0.39 is 21.3 Å². The van der Waals surface area contributed by atoms with Gasteiger partial charge in [0.15, 0.2) is 9.84 Å². The zero-order chi connectivity index (χ0) is 19.8. The number of amides is 2. The Balaban J connectivity index is 1.74. The minimum Gasteiger partial charge on any atom is -0.324 e. The normalized spacial score (nSPS) is 15.1. The highest BCUT2D eigenvalue weighted by Crippen LogP contribution is 2.33. The van der Waals surface area contributed by atoms with Gasteiger partial charge in [-0.2, -0.15) is 0 Å². The lowest BCUT2D eigenvalue weighted by Gasteiger charge is -2.13. The highest BCUT2D eigenvalue weighted by Gasteiger charge is 2.45. The Bertz CT molecular complexity index is 1030. The van der Waals surface area contributed by atoms with Crippen LogP contribution in [0.15, 0.2) is 47.4 Å². The minimum absolute atomic E-state index is 0.0840. The monoisotopic (exact) mass is 387 g/mol.